The van der Waals surface area contributed by atoms with E-state index < -0.39 is 24.7 Å². The Bertz CT molecular complexity index is 1150. The van der Waals surface area contributed by atoms with Crippen LogP contribution in [0.25, 0.3) is 10.9 Å². The summed E-state index contributed by atoms with van der Waals surface area (Å²) in [7, 11) is 0. The molecule has 0 amide bonds. The molecule has 5 heteroatoms. The molecule has 140 valence electrons. The van der Waals surface area contributed by atoms with Gasteiger partial charge in [0.05, 0.1) is 9.68 Å². The van der Waals surface area contributed by atoms with Gasteiger partial charge in [0.2, 0.25) is 0 Å². The minimum absolute atomic E-state index is 0.000334. The summed E-state index contributed by atoms with van der Waals surface area (Å²) < 4.78 is 46.2. The van der Waals surface area contributed by atoms with E-state index in [1.165, 1.54) is 18.2 Å². The van der Waals surface area contributed by atoms with Gasteiger partial charge in [0.25, 0.3) is 0 Å². The van der Waals surface area contributed by atoms with E-state index in [4.69, 9.17) is 11.6 Å². The van der Waals surface area contributed by atoms with E-state index in [0.717, 1.165) is 16.5 Å². The van der Waals surface area contributed by atoms with Crippen LogP contribution in [0.5, 0.6) is 5.75 Å². The van der Waals surface area contributed by atoms with Crippen molar-refractivity contribution in [2.24, 2.45) is 0 Å². The van der Waals surface area contributed by atoms with Crippen LogP contribution in [0.4, 0.5) is 0 Å². The normalized spacial score (nSPS) is 17.6. The Kier molecular flexibility index (Phi) is 4.09. The number of aromatic nitrogens is 1. The molecule has 0 aliphatic rings. The number of ether oxygens (including phenoxy) is 1. The van der Waals surface area contributed by atoms with Crippen molar-refractivity contribution in [2.45, 2.75) is 31.9 Å². The molecule has 5 nitrogen and oxygen atoms in total. The first kappa shape index (κ1) is 13.4. The molecule has 0 aliphatic heterocycles. The van der Waals surface area contributed by atoms with Crippen LogP contribution in [0, 0.1) is 11.3 Å². The third-order valence-corrected chi connectivity index (χ3v) is 4.09. The molecule has 27 heavy (non-hydrogen) atoms. The monoisotopic (exact) mass is 368 g/mol. The van der Waals surface area contributed by atoms with Crippen molar-refractivity contribution in [3.8, 4) is 11.8 Å². The first-order chi connectivity index (χ1) is 14.8. The number of nitriles is 1. The van der Waals surface area contributed by atoms with Gasteiger partial charge in [0.1, 0.15) is 24.5 Å². The summed E-state index contributed by atoms with van der Waals surface area (Å²) in [5.41, 5.74) is 0.869. The van der Waals surface area contributed by atoms with Gasteiger partial charge in [0.15, 0.2) is 0 Å². The molecule has 0 saturated heterocycles. The summed E-state index contributed by atoms with van der Waals surface area (Å²) in [6.07, 6.45) is -1.20. The average Bonchev–Trinajstić information content (AvgIpc) is 3.09. The molecule has 0 bridgehead atoms. The lowest BCUT2D eigenvalue weighted by Gasteiger charge is -2.28. The highest BCUT2D eigenvalue weighted by atomic mass is 16.5. The second-order valence-electron chi connectivity index (χ2n) is 6.83. The molecule has 1 aromatic heterocycles. The number of aromatic amines is 1. The zero-order chi connectivity index (χ0) is 23.8. The molecule has 3 rings (SSSR count). The van der Waals surface area contributed by atoms with Crippen LogP contribution in [0.3, 0.4) is 0 Å². The zero-order valence-electron chi connectivity index (χ0n) is 20.2. The van der Waals surface area contributed by atoms with Crippen molar-refractivity contribution >= 4 is 10.9 Å². The first-order valence-corrected chi connectivity index (χ1v) is 8.54. The summed E-state index contributed by atoms with van der Waals surface area (Å²) in [4.78, 5) is 3.15. The summed E-state index contributed by atoms with van der Waals surface area (Å²) in [5, 5.41) is 23.4. The van der Waals surface area contributed by atoms with Crippen LogP contribution in [-0.4, -0.2) is 34.8 Å². The summed E-state index contributed by atoms with van der Waals surface area (Å²) in [5.74, 6) is -0.195. The van der Waals surface area contributed by atoms with Gasteiger partial charge in [-0.25, -0.2) is 0 Å². The van der Waals surface area contributed by atoms with Crippen molar-refractivity contribution in [3.63, 3.8) is 0 Å². The fraction of sp³-hybridized carbons (Fsp3) is 0.318. The van der Waals surface area contributed by atoms with E-state index in [2.05, 4.69) is 10.3 Å². The van der Waals surface area contributed by atoms with Gasteiger partial charge in [0, 0.05) is 31.9 Å². The summed E-state index contributed by atoms with van der Waals surface area (Å²) >= 11 is 0. The molecule has 0 aliphatic carbocycles. The number of hydrogen-bond acceptors (Lipinski definition) is 4. The quantitative estimate of drug-likeness (QED) is 0.569. The highest BCUT2D eigenvalue weighted by molar-refractivity contribution is 5.83. The fourth-order valence-corrected chi connectivity index (χ4v) is 2.80. The smallest absolute Gasteiger partial charge is 0.137 e. The zero-order valence-corrected chi connectivity index (χ0v) is 15.2. The lowest BCUT2D eigenvalue weighted by atomic mass is 9.94. The van der Waals surface area contributed by atoms with Gasteiger partial charge in [-0.05, 0) is 44.0 Å². The second kappa shape index (κ2) is 8.26. The number of β-amino-alcohol motifs (C(OH)–C–C–N with tert-alkyl or cyclic N) is 1. The van der Waals surface area contributed by atoms with Crippen molar-refractivity contribution in [1.29, 1.82) is 5.26 Å². The van der Waals surface area contributed by atoms with E-state index in [0.29, 0.717) is 6.42 Å². The lowest BCUT2D eigenvalue weighted by molar-refractivity contribution is 0.0987. The molecule has 0 saturated carbocycles. The maximum Gasteiger partial charge on any atom is 0.137 e. The number of para-hydroxylation sites is 2. The molecule has 3 N–H and O–H groups in total. The fourth-order valence-electron chi connectivity index (χ4n) is 2.80. The Labute approximate surface area is 166 Å². The Hall–Kier alpha value is -2.81. The molecular formula is C22H25N3O2. The minimum atomic E-state index is -3.36. The molecule has 0 radical (unpaired) electrons. The standard InChI is InChI=1S/C22H25N3O2/c1-22(2,11-17-13-24-20-9-5-4-8-19(17)20)25-14-18(26)15-27-21-10-6-3-7-16(21)12-23/h3-10,13,18,24-26H,11,14-15H2,1-2H3/i14D2,15D2,18D. The predicted octanol–water partition coefficient (Wildman–Crippen LogP) is 3.39. The maximum atomic E-state index is 10.7. The van der Waals surface area contributed by atoms with Crippen LogP contribution in [-0.2, 0) is 6.42 Å². The van der Waals surface area contributed by atoms with Gasteiger partial charge in [-0.15, -0.1) is 0 Å². The SMILES string of the molecule is [2H]C([2H])(NC(C)(C)Cc1c[nH]c2ccccc12)C([2H])(O)C([2H])([2H])Oc1ccccc1C#N. The van der Waals surface area contributed by atoms with Gasteiger partial charge < -0.3 is 20.1 Å². The van der Waals surface area contributed by atoms with E-state index in [1.54, 1.807) is 19.9 Å². The van der Waals surface area contributed by atoms with Crippen LogP contribution in [0.1, 0.15) is 31.8 Å². The third kappa shape index (κ3) is 4.88. The maximum absolute atomic E-state index is 10.7. The minimum Gasteiger partial charge on any atom is -0.489 e. The number of benzene rings is 2. The number of rotatable bonds is 8. The molecule has 0 spiro atoms. The van der Waals surface area contributed by atoms with E-state index in [1.807, 2.05) is 36.5 Å². The molecular weight excluding hydrogens is 338 g/mol. The van der Waals surface area contributed by atoms with Gasteiger partial charge in [-0.3, -0.25) is 0 Å². The van der Waals surface area contributed by atoms with Crippen LogP contribution >= 0.6 is 0 Å². The largest absolute Gasteiger partial charge is 0.489 e. The van der Waals surface area contributed by atoms with Gasteiger partial charge in [-0.2, -0.15) is 5.26 Å². The van der Waals surface area contributed by atoms with Crippen molar-refractivity contribution in [1.82, 2.24) is 10.3 Å². The third-order valence-electron chi connectivity index (χ3n) is 4.09. The highest BCUT2D eigenvalue weighted by Crippen LogP contribution is 2.22. The molecule has 1 atom stereocenters. The first-order valence-electron chi connectivity index (χ1n) is 11.0. The topological polar surface area (TPSA) is 81.1 Å². The predicted molar refractivity (Wildman–Crippen MR) is 107 cm³/mol. The van der Waals surface area contributed by atoms with Crippen molar-refractivity contribution < 1.29 is 16.7 Å². The number of hydrogen-bond donors (Lipinski definition) is 3. The number of fused-ring (bicyclic) bond motifs is 1. The van der Waals surface area contributed by atoms with Crippen molar-refractivity contribution in [3.05, 3.63) is 65.9 Å². The number of nitrogens with one attached hydrogen (secondary N) is 2. The molecule has 1 heterocycles. The van der Waals surface area contributed by atoms with E-state index in [-0.39, 0.29) is 11.3 Å². The molecule has 2 aromatic carbocycles. The molecule has 1 unspecified atom stereocenters. The molecule has 3 aromatic rings. The lowest BCUT2D eigenvalue weighted by Crippen LogP contribution is -2.46. The second-order valence-corrected chi connectivity index (χ2v) is 6.83. The number of H-pyrrole nitrogens is 1. The summed E-state index contributed by atoms with van der Waals surface area (Å²) in [6.45, 7) is -2.71. The Morgan fingerprint density at radius 3 is 2.85 bits per heavy atom. The number of aliphatic hydroxyl groups is 1. The Morgan fingerprint density at radius 2 is 2.04 bits per heavy atom. The van der Waals surface area contributed by atoms with E-state index >= 15 is 0 Å². The summed E-state index contributed by atoms with van der Waals surface area (Å²) in [6, 6.07) is 15.3. The average molecular weight is 368 g/mol. The molecule has 0 fully saturated rings. The van der Waals surface area contributed by atoms with Crippen LogP contribution in [0.15, 0.2) is 54.7 Å². The highest BCUT2D eigenvalue weighted by Gasteiger charge is 2.21. The van der Waals surface area contributed by atoms with Gasteiger partial charge in [-0.1, -0.05) is 30.3 Å². The Balaban J connectivity index is 1.83. The van der Waals surface area contributed by atoms with Crippen molar-refractivity contribution in [2.75, 3.05) is 13.1 Å². The van der Waals surface area contributed by atoms with Crippen LogP contribution in [0.2, 0.25) is 0 Å². The number of nitrogens with zero attached hydrogens (tertiary/aromatic N) is 1. The van der Waals surface area contributed by atoms with Gasteiger partial charge >= 0.3 is 0 Å². The van der Waals surface area contributed by atoms with Crippen LogP contribution < -0.4 is 10.1 Å². The van der Waals surface area contributed by atoms with E-state index in [9.17, 15) is 10.4 Å². The Morgan fingerprint density at radius 1 is 1.30 bits per heavy atom.